The number of aryl methyl sites for hydroxylation is 1. The van der Waals surface area contributed by atoms with Crippen molar-refractivity contribution in [2.45, 2.75) is 39.0 Å². The lowest BCUT2D eigenvalue weighted by Gasteiger charge is -2.31. The highest BCUT2D eigenvalue weighted by atomic mass is 35.5. The predicted molar refractivity (Wildman–Crippen MR) is 145 cm³/mol. The van der Waals surface area contributed by atoms with Gasteiger partial charge in [-0.05, 0) is 62.7 Å². The normalized spacial score (nSPS) is 14.3. The van der Waals surface area contributed by atoms with Gasteiger partial charge in [0.1, 0.15) is 0 Å². The SMILES string of the molecule is CC(=O)Nc1cc2onc(CCC3CCN(CCc4ccccc4)CC3)c2cc1Cl.O=C(O)C=CC(=O)O. The second-order valence-electron chi connectivity index (χ2n) is 9.21. The van der Waals surface area contributed by atoms with Crippen molar-refractivity contribution in [3.05, 3.63) is 70.9 Å². The zero-order chi connectivity index (χ0) is 27.5. The lowest BCUT2D eigenvalue weighted by atomic mass is 9.91. The molecular formula is C28H32ClN3O6. The molecule has 1 aliphatic heterocycles. The molecule has 10 heteroatoms. The van der Waals surface area contributed by atoms with Gasteiger partial charge in [-0.15, -0.1) is 0 Å². The third kappa shape index (κ3) is 9.32. The van der Waals surface area contributed by atoms with Gasteiger partial charge in [0.15, 0.2) is 5.58 Å². The number of carboxylic acid groups (broad SMARTS) is 2. The molecule has 202 valence electrons. The zero-order valence-corrected chi connectivity index (χ0v) is 22.0. The number of carbonyl (C=O) groups excluding carboxylic acids is 1. The number of hydrogen-bond donors (Lipinski definition) is 3. The van der Waals surface area contributed by atoms with E-state index >= 15 is 0 Å². The molecule has 3 N–H and O–H groups in total. The van der Waals surface area contributed by atoms with Crippen molar-refractivity contribution in [3.63, 3.8) is 0 Å². The molecule has 0 unspecified atom stereocenters. The first-order valence-corrected chi connectivity index (χ1v) is 12.8. The van der Waals surface area contributed by atoms with Crippen LogP contribution in [0.1, 0.15) is 37.4 Å². The molecule has 0 saturated carbocycles. The van der Waals surface area contributed by atoms with Crippen molar-refractivity contribution >= 4 is 46.1 Å². The first-order chi connectivity index (χ1) is 18.2. The fourth-order valence-corrected chi connectivity index (χ4v) is 4.60. The van der Waals surface area contributed by atoms with Gasteiger partial charge in [0, 0.05) is 37.1 Å². The van der Waals surface area contributed by atoms with Crippen molar-refractivity contribution in [2.24, 2.45) is 5.92 Å². The van der Waals surface area contributed by atoms with Crippen LogP contribution in [0.15, 0.2) is 59.1 Å². The van der Waals surface area contributed by atoms with E-state index in [9.17, 15) is 14.4 Å². The number of likely N-dealkylation sites (tertiary alicyclic amines) is 1. The number of piperidine rings is 1. The smallest absolute Gasteiger partial charge is 0.328 e. The van der Waals surface area contributed by atoms with Gasteiger partial charge < -0.3 is 25.0 Å². The second kappa shape index (κ2) is 14.3. The van der Waals surface area contributed by atoms with Crippen LogP contribution in [0, 0.1) is 5.92 Å². The van der Waals surface area contributed by atoms with Crippen LogP contribution in [-0.2, 0) is 27.2 Å². The average molecular weight is 542 g/mol. The molecule has 3 aromatic rings. The molecule has 2 heterocycles. The third-order valence-electron chi connectivity index (χ3n) is 6.37. The fourth-order valence-electron chi connectivity index (χ4n) is 4.39. The summed E-state index contributed by atoms with van der Waals surface area (Å²) in [5.74, 6) is -1.95. The number of nitrogens with one attached hydrogen (secondary N) is 1. The second-order valence-corrected chi connectivity index (χ2v) is 9.61. The van der Waals surface area contributed by atoms with Gasteiger partial charge in [0.25, 0.3) is 0 Å². The molecule has 0 bridgehead atoms. The number of carboxylic acids is 2. The molecule has 1 aliphatic rings. The Kier molecular flexibility index (Phi) is 10.9. The molecule has 38 heavy (non-hydrogen) atoms. The summed E-state index contributed by atoms with van der Waals surface area (Å²) in [5, 5.41) is 24.1. The van der Waals surface area contributed by atoms with Gasteiger partial charge in [-0.1, -0.05) is 47.1 Å². The minimum Gasteiger partial charge on any atom is -0.478 e. The van der Waals surface area contributed by atoms with Gasteiger partial charge in [-0.3, -0.25) is 4.79 Å². The van der Waals surface area contributed by atoms with Crippen LogP contribution in [0.5, 0.6) is 0 Å². The number of benzene rings is 2. The Labute approximate surface area is 226 Å². The quantitative estimate of drug-likeness (QED) is 0.321. The highest BCUT2D eigenvalue weighted by molar-refractivity contribution is 6.34. The van der Waals surface area contributed by atoms with Crippen LogP contribution in [0.4, 0.5) is 5.69 Å². The number of rotatable bonds is 9. The Morgan fingerprint density at radius 1 is 1.08 bits per heavy atom. The van der Waals surface area contributed by atoms with Crippen LogP contribution in [0.2, 0.25) is 5.02 Å². The highest BCUT2D eigenvalue weighted by Gasteiger charge is 2.20. The summed E-state index contributed by atoms with van der Waals surface area (Å²) in [6, 6.07) is 14.3. The number of halogens is 1. The Hall–Kier alpha value is -3.69. The summed E-state index contributed by atoms with van der Waals surface area (Å²) in [6.07, 6.45) is 6.70. The van der Waals surface area contributed by atoms with Crippen molar-refractivity contribution in [1.82, 2.24) is 10.1 Å². The lowest BCUT2D eigenvalue weighted by molar-refractivity contribution is -0.134. The van der Waals surface area contributed by atoms with Crippen LogP contribution in [-0.4, -0.2) is 57.7 Å². The number of aliphatic carboxylic acids is 2. The molecule has 0 radical (unpaired) electrons. The van der Waals surface area contributed by atoms with E-state index in [0.717, 1.165) is 42.8 Å². The van der Waals surface area contributed by atoms with Crippen molar-refractivity contribution in [3.8, 4) is 0 Å². The van der Waals surface area contributed by atoms with Crippen molar-refractivity contribution in [2.75, 3.05) is 25.0 Å². The number of hydrogen-bond acceptors (Lipinski definition) is 6. The summed E-state index contributed by atoms with van der Waals surface area (Å²) >= 11 is 6.33. The number of aromatic nitrogens is 1. The number of fused-ring (bicyclic) bond motifs is 1. The summed E-state index contributed by atoms with van der Waals surface area (Å²) in [7, 11) is 0. The highest BCUT2D eigenvalue weighted by Crippen LogP contribution is 2.31. The number of anilines is 1. The van der Waals surface area contributed by atoms with E-state index in [1.165, 1.54) is 38.4 Å². The van der Waals surface area contributed by atoms with E-state index in [-0.39, 0.29) is 5.91 Å². The number of amides is 1. The van der Waals surface area contributed by atoms with Gasteiger partial charge in [-0.25, -0.2) is 9.59 Å². The molecule has 1 aromatic heterocycles. The van der Waals surface area contributed by atoms with Gasteiger partial charge >= 0.3 is 11.9 Å². The molecule has 9 nitrogen and oxygen atoms in total. The minimum absolute atomic E-state index is 0.161. The van der Waals surface area contributed by atoms with Crippen molar-refractivity contribution < 1.29 is 29.1 Å². The molecular weight excluding hydrogens is 510 g/mol. The third-order valence-corrected chi connectivity index (χ3v) is 6.68. The van der Waals surface area contributed by atoms with E-state index in [2.05, 4.69) is 45.7 Å². The summed E-state index contributed by atoms with van der Waals surface area (Å²) < 4.78 is 5.49. The lowest BCUT2D eigenvalue weighted by Crippen LogP contribution is -2.35. The van der Waals surface area contributed by atoms with Crippen LogP contribution in [0.25, 0.3) is 11.0 Å². The van der Waals surface area contributed by atoms with Crippen LogP contribution in [0.3, 0.4) is 0 Å². The van der Waals surface area contributed by atoms with Gasteiger partial charge in [-0.2, -0.15) is 0 Å². The Balaban J connectivity index is 0.000000436. The van der Waals surface area contributed by atoms with Crippen LogP contribution >= 0.6 is 11.6 Å². The van der Waals surface area contributed by atoms with E-state index in [1.54, 1.807) is 6.07 Å². The maximum Gasteiger partial charge on any atom is 0.328 e. The maximum atomic E-state index is 11.3. The van der Waals surface area contributed by atoms with Gasteiger partial charge in [0.05, 0.1) is 16.4 Å². The maximum absolute atomic E-state index is 11.3. The summed E-state index contributed by atoms with van der Waals surface area (Å²) in [5.41, 5.74) is 3.58. The van der Waals surface area contributed by atoms with E-state index in [4.69, 9.17) is 26.3 Å². The summed E-state index contributed by atoms with van der Waals surface area (Å²) in [4.78, 5) is 33.0. The molecule has 1 fully saturated rings. The van der Waals surface area contributed by atoms with Crippen LogP contribution < -0.4 is 5.32 Å². The molecule has 0 atom stereocenters. The Morgan fingerprint density at radius 2 is 1.74 bits per heavy atom. The molecule has 4 rings (SSSR count). The minimum atomic E-state index is -1.26. The topological polar surface area (TPSA) is 133 Å². The fraction of sp³-hybridized carbons (Fsp3) is 0.357. The molecule has 2 aromatic carbocycles. The molecule has 1 saturated heterocycles. The van der Waals surface area contributed by atoms with Gasteiger partial charge in [0.2, 0.25) is 5.91 Å². The Morgan fingerprint density at radius 3 is 2.34 bits per heavy atom. The first-order valence-electron chi connectivity index (χ1n) is 12.5. The average Bonchev–Trinajstić information content (AvgIpc) is 3.28. The van der Waals surface area contributed by atoms with E-state index < -0.39 is 11.9 Å². The monoisotopic (exact) mass is 541 g/mol. The first kappa shape index (κ1) is 28.9. The number of nitrogens with zero attached hydrogens (tertiary/aromatic N) is 2. The zero-order valence-electron chi connectivity index (χ0n) is 21.2. The summed E-state index contributed by atoms with van der Waals surface area (Å²) in [6.45, 7) is 4.94. The molecule has 0 aliphatic carbocycles. The molecule has 0 spiro atoms. The number of carbonyl (C=O) groups is 3. The Bertz CT molecular complexity index is 1250. The standard InChI is InChI=1S/C24H28ClN3O2.C4H4O4/c1-17(29)26-23-16-24-20(15-21(23)25)22(27-30-24)8-7-19-10-13-28(14-11-19)12-9-18-5-3-2-4-6-18;5-3(6)1-2-4(7)8/h2-6,15-16,19H,7-14H2,1H3,(H,26,29);1-2H,(H,5,6)(H,7,8). The van der Waals surface area contributed by atoms with E-state index in [0.29, 0.717) is 28.4 Å². The predicted octanol–water partition coefficient (Wildman–Crippen LogP) is 5.04. The molecule has 1 amide bonds. The van der Waals surface area contributed by atoms with Crippen molar-refractivity contribution in [1.29, 1.82) is 0 Å². The largest absolute Gasteiger partial charge is 0.478 e. The van der Waals surface area contributed by atoms with E-state index in [1.807, 2.05) is 6.07 Å².